The molecule has 1 heterocycles. The lowest BCUT2D eigenvalue weighted by atomic mass is 10.0. The fourth-order valence-corrected chi connectivity index (χ4v) is 4.03. The molecule has 1 aromatic carbocycles. The van der Waals surface area contributed by atoms with Crippen LogP contribution in [-0.4, -0.2) is 56.5 Å². The number of hydrogen-bond donors (Lipinski definition) is 1. The van der Waals surface area contributed by atoms with E-state index in [4.69, 9.17) is 9.47 Å². The van der Waals surface area contributed by atoms with Gasteiger partial charge in [0.15, 0.2) is 0 Å². The van der Waals surface area contributed by atoms with Crippen LogP contribution in [0.1, 0.15) is 31.9 Å². The van der Waals surface area contributed by atoms with E-state index in [1.807, 2.05) is 0 Å². The molecule has 0 radical (unpaired) electrons. The van der Waals surface area contributed by atoms with Gasteiger partial charge in [0.25, 0.3) is 0 Å². The standard InChI is InChI=1S/C24H35F3N2O4Si/c1-23(2,3)33-22(31)29-15-18(10-7-17-8-11-19(12-9-17)24(25,26)27)20(16-29)28-21(30)32-13-14-34(4,5)6/h7-12,18,20H,13-16H2,1-6H3,(H,28,30)/b10-7+. The van der Waals surface area contributed by atoms with E-state index in [9.17, 15) is 22.8 Å². The van der Waals surface area contributed by atoms with E-state index in [0.717, 1.165) is 18.2 Å². The number of benzene rings is 1. The molecule has 0 saturated carbocycles. The maximum atomic E-state index is 12.8. The van der Waals surface area contributed by atoms with Crippen LogP contribution in [0.25, 0.3) is 6.08 Å². The van der Waals surface area contributed by atoms with E-state index in [-0.39, 0.29) is 12.5 Å². The van der Waals surface area contributed by atoms with Crippen molar-refractivity contribution in [3.63, 3.8) is 0 Å². The number of carbonyl (C=O) groups excluding carboxylic acids is 2. The SMILES string of the molecule is CC(C)(C)OC(=O)N1CC(/C=C/c2ccc(C(F)(F)F)cc2)C(NC(=O)OCC[Si](C)(C)C)C1. The lowest BCUT2D eigenvalue weighted by molar-refractivity contribution is -0.137. The highest BCUT2D eigenvalue weighted by Crippen LogP contribution is 2.29. The molecule has 0 bridgehead atoms. The zero-order valence-electron chi connectivity index (χ0n) is 20.7. The molecule has 6 nitrogen and oxygen atoms in total. The second-order valence-corrected chi connectivity index (χ2v) is 16.3. The highest BCUT2D eigenvalue weighted by molar-refractivity contribution is 6.76. The zero-order valence-corrected chi connectivity index (χ0v) is 21.7. The fraction of sp³-hybridized carbons (Fsp3) is 0.583. The van der Waals surface area contributed by atoms with Crippen molar-refractivity contribution in [1.82, 2.24) is 10.2 Å². The van der Waals surface area contributed by atoms with Gasteiger partial charge < -0.3 is 19.7 Å². The van der Waals surface area contributed by atoms with Gasteiger partial charge in [-0.2, -0.15) is 13.2 Å². The molecule has 1 N–H and O–H groups in total. The maximum Gasteiger partial charge on any atom is 0.416 e. The Morgan fingerprint density at radius 2 is 1.74 bits per heavy atom. The molecule has 10 heteroatoms. The Balaban J connectivity index is 2.10. The van der Waals surface area contributed by atoms with E-state index in [1.165, 1.54) is 17.0 Å². The topological polar surface area (TPSA) is 67.9 Å². The van der Waals surface area contributed by atoms with Crippen molar-refractivity contribution in [2.75, 3.05) is 19.7 Å². The summed E-state index contributed by atoms with van der Waals surface area (Å²) in [5, 5.41) is 2.83. The van der Waals surface area contributed by atoms with Crippen LogP contribution in [-0.2, 0) is 15.7 Å². The number of alkyl halides is 3. The highest BCUT2D eigenvalue weighted by Gasteiger charge is 2.37. The van der Waals surface area contributed by atoms with Crippen molar-refractivity contribution in [2.45, 2.75) is 64.3 Å². The summed E-state index contributed by atoms with van der Waals surface area (Å²) in [5.41, 5.74) is -0.799. The molecule has 34 heavy (non-hydrogen) atoms. The van der Waals surface area contributed by atoms with E-state index < -0.39 is 43.6 Å². The van der Waals surface area contributed by atoms with E-state index in [0.29, 0.717) is 18.7 Å². The van der Waals surface area contributed by atoms with Gasteiger partial charge in [0.2, 0.25) is 0 Å². The zero-order chi connectivity index (χ0) is 25.7. The van der Waals surface area contributed by atoms with Crippen LogP contribution in [0.3, 0.4) is 0 Å². The number of rotatable bonds is 6. The van der Waals surface area contributed by atoms with Crippen molar-refractivity contribution in [3.8, 4) is 0 Å². The minimum Gasteiger partial charge on any atom is -0.450 e. The van der Waals surface area contributed by atoms with Crippen LogP contribution < -0.4 is 5.32 Å². The van der Waals surface area contributed by atoms with Gasteiger partial charge in [0.1, 0.15) is 5.60 Å². The predicted molar refractivity (Wildman–Crippen MR) is 128 cm³/mol. The Morgan fingerprint density at radius 3 is 2.26 bits per heavy atom. The van der Waals surface area contributed by atoms with E-state index in [2.05, 4.69) is 25.0 Å². The molecular formula is C24H35F3N2O4Si. The average molecular weight is 501 g/mol. The molecule has 0 spiro atoms. The normalized spacial score (nSPS) is 19.4. The summed E-state index contributed by atoms with van der Waals surface area (Å²) in [6, 6.07) is 5.23. The second-order valence-electron chi connectivity index (χ2n) is 10.7. The lowest BCUT2D eigenvalue weighted by Crippen LogP contribution is -2.42. The maximum absolute atomic E-state index is 12.8. The number of amides is 2. The van der Waals surface area contributed by atoms with E-state index >= 15 is 0 Å². The first-order chi connectivity index (χ1) is 15.5. The average Bonchev–Trinajstić information content (AvgIpc) is 3.06. The summed E-state index contributed by atoms with van der Waals surface area (Å²) in [6.07, 6.45) is -1.96. The number of nitrogens with zero attached hydrogens (tertiary/aromatic N) is 1. The summed E-state index contributed by atoms with van der Waals surface area (Å²) in [5.74, 6) is -0.264. The van der Waals surface area contributed by atoms with Crippen LogP contribution in [0.5, 0.6) is 0 Å². The molecule has 2 rings (SSSR count). The number of nitrogens with one attached hydrogen (secondary N) is 1. The highest BCUT2D eigenvalue weighted by atomic mass is 28.3. The third-order valence-corrected chi connectivity index (χ3v) is 6.88. The third-order valence-electron chi connectivity index (χ3n) is 5.18. The summed E-state index contributed by atoms with van der Waals surface area (Å²) >= 11 is 0. The van der Waals surface area contributed by atoms with Gasteiger partial charge in [-0.25, -0.2) is 9.59 Å². The summed E-state index contributed by atoms with van der Waals surface area (Å²) in [6.45, 7) is 12.7. The molecule has 2 atom stereocenters. The minimum atomic E-state index is -4.40. The van der Waals surface area contributed by atoms with Crippen molar-refractivity contribution in [1.29, 1.82) is 0 Å². The van der Waals surface area contributed by atoms with Gasteiger partial charge in [-0.05, 0) is 44.5 Å². The first kappa shape index (κ1) is 27.7. The molecule has 1 fully saturated rings. The third kappa shape index (κ3) is 9.40. The number of carbonyl (C=O) groups is 2. The molecule has 190 valence electrons. The van der Waals surface area contributed by atoms with E-state index in [1.54, 1.807) is 32.9 Å². The molecule has 1 aromatic rings. The minimum absolute atomic E-state index is 0.236. The van der Waals surface area contributed by atoms with Gasteiger partial charge >= 0.3 is 18.4 Å². The number of halogens is 3. The smallest absolute Gasteiger partial charge is 0.416 e. The van der Waals surface area contributed by atoms with Crippen LogP contribution >= 0.6 is 0 Å². The van der Waals surface area contributed by atoms with Gasteiger partial charge in [-0.15, -0.1) is 0 Å². The second kappa shape index (κ2) is 10.8. The number of ether oxygens (including phenoxy) is 2. The Bertz CT molecular complexity index is 874. The Morgan fingerprint density at radius 1 is 1.12 bits per heavy atom. The van der Waals surface area contributed by atoms with Crippen LogP contribution in [0, 0.1) is 5.92 Å². The van der Waals surface area contributed by atoms with Crippen molar-refractivity contribution in [2.24, 2.45) is 5.92 Å². The van der Waals surface area contributed by atoms with Crippen LogP contribution in [0.4, 0.5) is 22.8 Å². The first-order valence-electron chi connectivity index (χ1n) is 11.3. The Kier molecular flexibility index (Phi) is 8.84. The lowest BCUT2D eigenvalue weighted by Gasteiger charge is -2.24. The van der Waals surface area contributed by atoms with Crippen molar-refractivity contribution in [3.05, 3.63) is 41.5 Å². The molecular weight excluding hydrogens is 465 g/mol. The first-order valence-corrected chi connectivity index (χ1v) is 15.0. The van der Waals surface area contributed by atoms with Gasteiger partial charge in [0.05, 0.1) is 18.2 Å². The summed E-state index contributed by atoms with van der Waals surface area (Å²) in [4.78, 5) is 26.4. The van der Waals surface area contributed by atoms with Gasteiger partial charge in [-0.3, -0.25) is 0 Å². The quantitative estimate of drug-likeness (QED) is 0.485. The fourth-order valence-electron chi connectivity index (χ4n) is 3.31. The molecule has 2 unspecified atom stereocenters. The van der Waals surface area contributed by atoms with Crippen molar-refractivity contribution >= 4 is 26.3 Å². The molecule has 1 aliphatic heterocycles. The number of alkyl carbamates (subject to hydrolysis) is 1. The number of likely N-dealkylation sites (tertiary alicyclic amines) is 1. The predicted octanol–water partition coefficient (Wildman–Crippen LogP) is 6.02. The summed E-state index contributed by atoms with van der Waals surface area (Å²) in [7, 11) is -1.35. The molecule has 1 aliphatic rings. The molecule has 0 aliphatic carbocycles. The van der Waals surface area contributed by atoms with Crippen LogP contribution in [0.2, 0.25) is 25.7 Å². The number of hydrogen-bond acceptors (Lipinski definition) is 4. The largest absolute Gasteiger partial charge is 0.450 e. The van der Waals surface area contributed by atoms with Gasteiger partial charge in [0, 0.05) is 27.1 Å². The molecule has 0 aromatic heterocycles. The summed E-state index contributed by atoms with van der Waals surface area (Å²) < 4.78 is 49.2. The van der Waals surface area contributed by atoms with Crippen LogP contribution in [0.15, 0.2) is 30.3 Å². The molecule has 1 saturated heterocycles. The Labute approximate surface area is 200 Å². The molecule has 2 amide bonds. The van der Waals surface area contributed by atoms with Crippen molar-refractivity contribution < 1.29 is 32.2 Å². The monoisotopic (exact) mass is 500 g/mol. The Hall–Kier alpha value is -2.49. The van der Waals surface area contributed by atoms with Gasteiger partial charge in [-0.1, -0.05) is 43.9 Å².